The summed E-state index contributed by atoms with van der Waals surface area (Å²) in [5, 5.41) is 9.14. The van der Waals surface area contributed by atoms with E-state index in [9.17, 15) is 4.39 Å². The fourth-order valence-electron chi connectivity index (χ4n) is 1.51. The lowest BCUT2D eigenvalue weighted by molar-refractivity contribution is 0.300. The van der Waals surface area contributed by atoms with Crippen molar-refractivity contribution in [3.8, 4) is 11.8 Å². The topological polar surface area (TPSA) is 59.0 Å². The van der Waals surface area contributed by atoms with E-state index in [0.29, 0.717) is 27.6 Å². The van der Waals surface area contributed by atoms with Gasteiger partial charge < -0.3 is 10.5 Å². The van der Waals surface area contributed by atoms with Crippen LogP contribution in [0.3, 0.4) is 0 Å². The second-order valence-electron chi connectivity index (χ2n) is 3.89. The van der Waals surface area contributed by atoms with Crippen molar-refractivity contribution in [1.29, 1.82) is 5.26 Å². The van der Waals surface area contributed by atoms with Gasteiger partial charge in [0.2, 0.25) is 0 Å². The average molecular weight is 277 g/mol. The normalized spacial score (nSPS) is 9.95. The molecular formula is C14H10ClFN2O. The maximum absolute atomic E-state index is 13.5. The van der Waals surface area contributed by atoms with Gasteiger partial charge in [0.15, 0.2) is 0 Å². The predicted molar refractivity (Wildman–Crippen MR) is 71.3 cm³/mol. The molecule has 2 aromatic rings. The zero-order valence-corrected chi connectivity index (χ0v) is 10.6. The van der Waals surface area contributed by atoms with Gasteiger partial charge >= 0.3 is 0 Å². The minimum Gasteiger partial charge on any atom is -0.489 e. The first-order chi connectivity index (χ1) is 9.10. The molecule has 0 spiro atoms. The van der Waals surface area contributed by atoms with Gasteiger partial charge in [0, 0.05) is 11.6 Å². The van der Waals surface area contributed by atoms with Gasteiger partial charge in [-0.15, -0.1) is 0 Å². The SMILES string of the molecule is N#Cc1ccc(F)c(COc2ccc(N)c(Cl)c2)c1. The molecular weight excluding hydrogens is 267 g/mol. The summed E-state index contributed by atoms with van der Waals surface area (Å²) in [4.78, 5) is 0. The van der Waals surface area contributed by atoms with E-state index in [1.807, 2.05) is 6.07 Å². The summed E-state index contributed by atoms with van der Waals surface area (Å²) in [6.45, 7) is 0.0155. The molecule has 0 aliphatic carbocycles. The van der Waals surface area contributed by atoms with Crippen molar-refractivity contribution in [3.63, 3.8) is 0 Å². The van der Waals surface area contributed by atoms with Crippen molar-refractivity contribution in [2.45, 2.75) is 6.61 Å². The molecule has 0 radical (unpaired) electrons. The van der Waals surface area contributed by atoms with Gasteiger partial charge in [-0.3, -0.25) is 0 Å². The zero-order chi connectivity index (χ0) is 13.8. The van der Waals surface area contributed by atoms with E-state index in [4.69, 9.17) is 27.3 Å². The Balaban J connectivity index is 2.14. The second-order valence-corrected chi connectivity index (χ2v) is 4.30. The average Bonchev–Trinajstić information content (AvgIpc) is 2.41. The maximum atomic E-state index is 13.5. The Labute approximate surface area is 115 Å². The van der Waals surface area contributed by atoms with Crippen LogP contribution in [0.15, 0.2) is 36.4 Å². The van der Waals surface area contributed by atoms with Gasteiger partial charge in [0.05, 0.1) is 22.3 Å². The highest BCUT2D eigenvalue weighted by Gasteiger charge is 2.05. The quantitative estimate of drug-likeness (QED) is 0.873. The van der Waals surface area contributed by atoms with Gasteiger partial charge in [-0.25, -0.2) is 4.39 Å². The first-order valence-corrected chi connectivity index (χ1v) is 5.84. The second kappa shape index (κ2) is 5.59. The number of anilines is 1. The molecule has 0 atom stereocenters. The molecule has 0 saturated carbocycles. The van der Waals surface area contributed by atoms with Gasteiger partial charge in [-0.05, 0) is 30.3 Å². The molecule has 19 heavy (non-hydrogen) atoms. The molecule has 0 heterocycles. The third kappa shape index (κ3) is 3.15. The van der Waals surface area contributed by atoms with Crippen LogP contribution in [0.25, 0.3) is 0 Å². The Kier molecular flexibility index (Phi) is 3.88. The largest absolute Gasteiger partial charge is 0.489 e. The van der Waals surface area contributed by atoms with Crippen LogP contribution in [-0.4, -0.2) is 0 Å². The van der Waals surface area contributed by atoms with Crippen molar-refractivity contribution in [2.24, 2.45) is 0 Å². The van der Waals surface area contributed by atoms with Crippen molar-refractivity contribution in [2.75, 3.05) is 5.73 Å². The first-order valence-electron chi connectivity index (χ1n) is 5.46. The Morgan fingerprint density at radius 2 is 2.05 bits per heavy atom. The predicted octanol–water partition coefficient (Wildman–Crippen LogP) is 3.51. The highest BCUT2D eigenvalue weighted by molar-refractivity contribution is 6.33. The lowest BCUT2D eigenvalue weighted by Crippen LogP contribution is -1.99. The summed E-state index contributed by atoms with van der Waals surface area (Å²) in [6.07, 6.45) is 0. The van der Waals surface area contributed by atoms with Crippen molar-refractivity contribution >= 4 is 17.3 Å². The molecule has 5 heteroatoms. The molecule has 0 aromatic heterocycles. The molecule has 2 rings (SSSR count). The fourth-order valence-corrected chi connectivity index (χ4v) is 1.68. The van der Waals surface area contributed by atoms with E-state index in [2.05, 4.69) is 0 Å². The van der Waals surface area contributed by atoms with Gasteiger partial charge in [0.1, 0.15) is 18.2 Å². The van der Waals surface area contributed by atoms with E-state index in [0.717, 1.165) is 0 Å². The van der Waals surface area contributed by atoms with Crippen LogP contribution >= 0.6 is 11.6 Å². The molecule has 0 aliphatic rings. The summed E-state index contributed by atoms with van der Waals surface area (Å²) >= 11 is 5.85. The molecule has 0 amide bonds. The molecule has 2 N–H and O–H groups in total. The fraction of sp³-hybridized carbons (Fsp3) is 0.0714. The van der Waals surface area contributed by atoms with Crippen LogP contribution in [0.2, 0.25) is 5.02 Å². The van der Waals surface area contributed by atoms with Crippen LogP contribution < -0.4 is 10.5 Å². The summed E-state index contributed by atoms with van der Waals surface area (Å²) in [7, 11) is 0. The monoisotopic (exact) mass is 276 g/mol. The Morgan fingerprint density at radius 1 is 1.26 bits per heavy atom. The highest BCUT2D eigenvalue weighted by Crippen LogP contribution is 2.25. The van der Waals surface area contributed by atoms with Crippen LogP contribution in [0.5, 0.6) is 5.75 Å². The van der Waals surface area contributed by atoms with E-state index < -0.39 is 5.82 Å². The summed E-state index contributed by atoms with van der Waals surface area (Å²) < 4.78 is 18.9. The third-order valence-corrected chi connectivity index (χ3v) is 2.87. The summed E-state index contributed by atoms with van der Waals surface area (Å²) in [5.74, 6) is 0.0708. The van der Waals surface area contributed by atoms with Crippen LogP contribution in [0, 0.1) is 17.1 Å². The van der Waals surface area contributed by atoms with E-state index in [1.54, 1.807) is 18.2 Å². The molecule has 3 nitrogen and oxygen atoms in total. The van der Waals surface area contributed by atoms with E-state index in [-0.39, 0.29) is 6.61 Å². The summed E-state index contributed by atoms with van der Waals surface area (Å²) in [6, 6.07) is 10.9. The molecule has 0 saturated heterocycles. The smallest absolute Gasteiger partial charge is 0.129 e. The number of nitrogens with zero attached hydrogens (tertiary/aromatic N) is 1. The Bertz CT molecular complexity index is 652. The number of hydrogen-bond acceptors (Lipinski definition) is 3. The number of halogens is 2. The first kappa shape index (κ1) is 13.2. The molecule has 0 aliphatic heterocycles. The minimum absolute atomic E-state index is 0.0155. The van der Waals surface area contributed by atoms with Gasteiger partial charge in [0.25, 0.3) is 0 Å². The van der Waals surface area contributed by atoms with Crippen molar-refractivity contribution in [3.05, 3.63) is 58.4 Å². The highest BCUT2D eigenvalue weighted by atomic mass is 35.5. The summed E-state index contributed by atoms with van der Waals surface area (Å²) in [5.41, 5.74) is 6.72. The molecule has 96 valence electrons. The number of nitriles is 1. The van der Waals surface area contributed by atoms with E-state index in [1.165, 1.54) is 18.2 Å². The van der Waals surface area contributed by atoms with Crippen LogP contribution in [0.1, 0.15) is 11.1 Å². The standard InChI is InChI=1S/C14H10ClFN2O/c15-12-6-11(2-4-14(12)18)19-8-10-5-9(7-17)1-3-13(10)16/h1-6H,8,18H2. The number of ether oxygens (including phenoxy) is 1. The molecule has 0 unspecified atom stereocenters. The Hall–Kier alpha value is -2.25. The van der Waals surface area contributed by atoms with Gasteiger partial charge in [-0.1, -0.05) is 11.6 Å². The van der Waals surface area contributed by atoms with Crippen LogP contribution in [0.4, 0.5) is 10.1 Å². The van der Waals surface area contributed by atoms with Crippen LogP contribution in [-0.2, 0) is 6.61 Å². The van der Waals surface area contributed by atoms with E-state index >= 15 is 0 Å². The Morgan fingerprint density at radius 3 is 2.74 bits per heavy atom. The van der Waals surface area contributed by atoms with Crippen molar-refractivity contribution < 1.29 is 9.13 Å². The van der Waals surface area contributed by atoms with Crippen molar-refractivity contribution in [1.82, 2.24) is 0 Å². The minimum atomic E-state index is -0.416. The number of nitrogens with two attached hydrogens (primary N) is 1. The lowest BCUT2D eigenvalue weighted by atomic mass is 10.1. The number of rotatable bonds is 3. The maximum Gasteiger partial charge on any atom is 0.129 e. The zero-order valence-electron chi connectivity index (χ0n) is 9.86. The molecule has 0 bridgehead atoms. The number of nitrogen functional groups attached to an aromatic ring is 1. The molecule has 2 aromatic carbocycles. The number of benzene rings is 2. The number of hydrogen-bond donors (Lipinski definition) is 1. The lowest BCUT2D eigenvalue weighted by Gasteiger charge is -2.08. The molecule has 0 fully saturated rings. The third-order valence-electron chi connectivity index (χ3n) is 2.54. The van der Waals surface area contributed by atoms with Gasteiger partial charge in [-0.2, -0.15) is 5.26 Å².